The van der Waals surface area contributed by atoms with Crippen molar-refractivity contribution in [3.8, 4) is 11.1 Å². The summed E-state index contributed by atoms with van der Waals surface area (Å²) >= 11 is 6.03. The Hall–Kier alpha value is -2.96. The smallest absolute Gasteiger partial charge is 0.411 e. The molecule has 6 nitrogen and oxygen atoms in total. The van der Waals surface area contributed by atoms with Gasteiger partial charge in [0.1, 0.15) is 5.60 Å². The van der Waals surface area contributed by atoms with Crippen molar-refractivity contribution in [3.63, 3.8) is 0 Å². The van der Waals surface area contributed by atoms with Gasteiger partial charge >= 0.3 is 6.09 Å². The topological polar surface area (TPSA) is 75.6 Å². The number of nitrogens with zero attached hydrogens (tertiary/aromatic N) is 3. The first kappa shape index (κ1) is 24.2. The van der Waals surface area contributed by atoms with Crippen LogP contribution in [-0.2, 0) is 10.3 Å². The van der Waals surface area contributed by atoms with Crippen LogP contribution in [-0.4, -0.2) is 38.4 Å². The van der Waals surface area contributed by atoms with Crippen LogP contribution < -0.4 is 0 Å². The third-order valence-corrected chi connectivity index (χ3v) is 6.60. The Bertz CT molecular complexity index is 1160. The second-order valence-corrected chi connectivity index (χ2v) is 10.0. The lowest BCUT2D eigenvalue weighted by Crippen LogP contribution is -2.51. The summed E-state index contributed by atoms with van der Waals surface area (Å²) in [5.74, 6) is 0. The maximum Gasteiger partial charge on any atom is 0.411 e. The number of rotatable bonds is 6. The van der Waals surface area contributed by atoms with E-state index >= 15 is 0 Å². The highest BCUT2D eigenvalue weighted by atomic mass is 35.5. The lowest BCUT2D eigenvalue weighted by atomic mass is 9.80. The Kier molecular flexibility index (Phi) is 6.65. The minimum absolute atomic E-state index is 0.169. The van der Waals surface area contributed by atoms with Crippen LogP contribution in [0, 0.1) is 6.92 Å². The Morgan fingerprint density at radius 2 is 1.82 bits per heavy atom. The molecule has 1 aromatic heterocycles. The SMILES string of the molecule is Cc1nnc(Cl)cc1-c1ccc([C@H](C)N2CC[C@](CC(C)(C)O)(c3ccccc3)OC2=O)cc1. The summed E-state index contributed by atoms with van der Waals surface area (Å²) in [4.78, 5) is 15.0. The average molecular weight is 480 g/mol. The molecule has 2 heterocycles. The molecule has 2 aromatic carbocycles. The van der Waals surface area contributed by atoms with E-state index < -0.39 is 11.2 Å². The molecule has 2 atom stereocenters. The second-order valence-electron chi connectivity index (χ2n) is 9.63. The molecule has 0 radical (unpaired) electrons. The molecule has 0 bridgehead atoms. The molecule has 0 spiro atoms. The molecule has 3 aromatic rings. The molecule has 4 rings (SSSR count). The van der Waals surface area contributed by atoms with Gasteiger partial charge in [0.05, 0.1) is 17.3 Å². The van der Waals surface area contributed by atoms with Gasteiger partial charge in [0.2, 0.25) is 0 Å². The van der Waals surface area contributed by atoms with E-state index in [9.17, 15) is 9.90 Å². The van der Waals surface area contributed by atoms with Crippen molar-refractivity contribution in [2.24, 2.45) is 0 Å². The van der Waals surface area contributed by atoms with Crippen LogP contribution in [0.5, 0.6) is 0 Å². The van der Waals surface area contributed by atoms with E-state index in [1.165, 1.54) is 0 Å². The zero-order chi connectivity index (χ0) is 24.5. The van der Waals surface area contributed by atoms with Crippen LogP contribution in [0.4, 0.5) is 4.79 Å². The van der Waals surface area contributed by atoms with Crippen LogP contribution in [0.3, 0.4) is 0 Å². The van der Waals surface area contributed by atoms with Crippen molar-refractivity contribution in [2.75, 3.05) is 6.54 Å². The van der Waals surface area contributed by atoms with Gasteiger partial charge in [-0.25, -0.2) is 4.79 Å². The highest BCUT2D eigenvalue weighted by Crippen LogP contribution is 2.42. The maximum absolute atomic E-state index is 13.2. The predicted molar refractivity (Wildman–Crippen MR) is 132 cm³/mol. The van der Waals surface area contributed by atoms with E-state index in [1.807, 2.05) is 68.4 Å². The van der Waals surface area contributed by atoms with Crippen molar-refractivity contribution in [1.29, 1.82) is 0 Å². The summed E-state index contributed by atoms with van der Waals surface area (Å²) in [7, 11) is 0. The Morgan fingerprint density at radius 3 is 2.44 bits per heavy atom. The Morgan fingerprint density at radius 1 is 1.15 bits per heavy atom. The number of hydrogen-bond acceptors (Lipinski definition) is 5. The third-order valence-electron chi connectivity index (χ3n) is 6.41. The molecule has 1 aliphatic rings. The van der Waals surface area contributed by atoms with E-state index in [2.05, 4.69) is 10.2 Å². The van der Waals surface area contributed by atoms with Crippen molar-refractivity contribution < 1.29 is 14.6 Å². The summed E-state index contributed by atoms with van der Waals surface area (Å²) in [5.41, 5.74) is 2.78. The van der Waals surface area contributed by atoms with Crippen LogP contribution in [0.15, 0.2) is 60.7 Å². The van der Waals surface area contributed by atoms with E-state index in [1.54, 1.807) is 24.8 Å². The van der Waals surface area contributed by atoms with Crippen molar-refractivity contribution in [3.05, 3.63) is 82.6 Å². The first-order chi connectivity index (χ1) is 16.1. The Balaban J connectivity index is 1.55. The number of carbonyl (C=O) groups is 1. The van der Waals surface area contributed by atoms with E-state index in [4.69, 9.17) is 16.3 Å². The minimum Gasteiger partial charge on any atom is -0.438 e. The molecule has 0 saturated carbocycles. The predicted octanol–water partition coefficient (Wildman–Crippen LogP) is 6.07. The number of hydrogen-bond donors (Lipinski definition) is 1. The third kappa shape index (κ3) is 5.08. The number of aromatic nitrogens is 2. The molecule has 0 aliphatic carbocycles. The fraction of sp³-hybridized carbons (Fsp3) is 0.370. The lowest BCUT2D eigenvalue weighted by molar-refractivity contribution is -0.101. The second kappa shape index (κ2) is 9.35. The quantitative estimate of drug-likeness (QED) is 0.464. The van der Waals surface area contributed by atoms with Gasteiger partial charge in [-0.1, -0.05) is 66.2 Å². The first-order valence-corrected chi connectivity index (χ1v) is 11.8. The molecule has 1 aliphatic heterocycles. The Labute approximate surface area is 205 Å². The summed E-state index contributed by atoms with van der Waals surface area (Å²) < 4.78 is 6.11. The number of carbonyl (C=O) groups excluding carboxylic acids is 1. The van der Waals surface area contributed by atoms with Gasteiger partial charge in [-0.05, 0) is 50.5 Å². The zero-order valence-electron chi connectivity index (χ0n) is 20.0. The fourth-order valence-electron chi connectivity index (χ4n) is 4.73. The molecule has 1 fully saturated rings. The number of cyclic esters (lactones) is 1. The van der Waals surface area contributed by atoms with Crippen molar-refractivity contribution >= 4 is 17.7 Å². The van der Waals surface area contributed by atoms with Gasteiger partial charge in [0.25, 0.3) is 0 Å². The number of halogens is 1. The molecule has 0 unspecified atom stereocenters. The normalized spacial score (nSPS) is 19.6. The number of benzene rings is 2. The molecule has 1 amide bonds. The molecular weight excluding hydrogens is 450 g/mol. The molecule has 7 heteroatoms. The van der Waals surface area contributed by atoms with Crippen LogP contribution in [0.2, 0.25) is 5.15 Å². The average Bonchev–Trinajstić information content (AvgIpc) is 2.80. The molecule has 1 N–H and O–H groups in total. The first-order valence-electron chi connectivity index (χ1n) is 11.5. The van der Waals surface area contributed by atoms with Crippen molar-refractivity contribution in [1.82, 2.24) is 15.1 Å². The number of aryl methyl sites for hydroxylation is 1. The van der Waals surface area contributed by atoms with Crippen LogP contribution in [0.1, 0.15) is 56.5 Å². The van der Waals surface area contributed by atoms with Gasteiger partial charge < -0.3 is 14.7 Å². The van der Waals surface area contributed by atoms with Gasteiger partial charge in [0.15, 0.2) is 5.15 Å². The largest absolute Gasteiger partial charge is 0.438 e. The van der Waals surface area contributed by atoms with Gasteiger partial charge in [-0.15, -0.1) is 5.10 Å². The number of aliphatic hydroxyl groups is 1. The maximum atomic E-state index is 13.2. The molecule has 1 saturated heterocycles. The highest BCUT2D eigenvalue weighted by Gasteiger charge is 2.46. The summed E-state index contributed by atoms with van der Waals surface area (Å²) in [6.45, 7) is 7.91. The van der Waals surface area contributed by atoms with Crippen molar-refractivity contribution in [2.45, 2.75) is 57.8 Å². The van der Waals surface area contributed by atoms with Crippen LogP contribution in [0.25, 0.3) is 11.1 Å². The van der Waals surface area contributed by atoms with Gasteiger partial charge in [-0.2, -0.15) is 5.10 Å². The minimum atomic E-state index is -0.984. The zero-order valence-corrected chi connectivity index (χ0v) is 20.7. The lowest BCUT2D eigenvalue weighted by Gasteiger charge is -2.45. The summed E-state index contributed by atoms with van der Waals surface area (Å²) in [5, 5.41) is 18.9. The van der Waals surface area contributed by atoms with Crippen LogP contribution >= 0.6 is 11.6 Å². The number of ether oxygens (including phenoxy) is 1. The van der Waals surface area contributed by atoms with Gasteiger partial charge in [0, 0.05) is 24.9 Å². The number of amides is 1. The standard InChI is InChI=1S/C27H30ClN3O3/c1-18-23(16-24(28)30-29-18)21-12-10-20(11-13-21)19(2)31-15-14-27(34-25(31)32,17-26(3,4)33)22-8-6-5-7-9-22/h5-13,16,19,33H,14-15,17H2,1-4H3/t19-,27-/m0/s1. The van der Waals surface area contributed by atoms with E-state index in [0.717, 1.165) is 27.9 Å². The summed E-state index contributed by atoms with van der Waals surface area (Å²) in [6, 6.07) is 19.4. The summed E-state index contributed by atoms with van der Waals surface area (Å²) in [6.07, 6.45) is 0.543. The fourth-order valence-corrected chi connectivity index (χ4v) is 4.88. The van der Waals surface area contributed by atoms with E-state index in [0.29, 0.717) is 24.5 Å². The van der Waals surface area contributed by atoms with E-state index in [-0.39, 0.29) is 12.1 Å². The molecule has 34 heavy (non-hydrogen) atoms. The molecule has 178 valence electrons. The highest BCUT2D eigenvalue weighted by molar-refractivity contribution is 6.29. The molecular formula is C27H30ClN3O3. The monoisotopic (exact) mass is 479 g/mol. The van der Waals surface area contributed by atoms with Gasteiger partial charge in [-0.3, -0.25) is 0 Å².